The molecule has 1 aliphatic heterocycles. The van der Waals surface area contributed by atoms with Crippen molar-refractivity contribution in [2.24, 2.45) is 0 Å². The molecule has 1 aliphatic rings. The van der Waals surface area contributed by atoms with Gasteiger partial charge in [0.15, 0.2) is 0 Å². The summed E-state index contributed by atoms with van der Waals surface area (Å²) in [5.41, 5.74) is 3.81. The molecule has 0 unspecified atom stereocenters. The van der Waals surface area contributed by atoms with Crippen LogP contribution in [0, 0.1) is 13.8 Å². The molecule has 2 rings (SSSR count). The van der Waals surface area contributed by atoms with Gasteiger partial charge in [0.2, 0.25) is 0 Å². The van der Waals surface area contributed by atoms with Gasteiger partial charge in [0.25, 0.3) is 0 Å². The molecule has 0 saturated carbocycles. The first kappa shape index (κ1) is 19.5. The topological polar surface area (TPSA) is 35.5 Å². The maximum atomic E-state index is 9.66. The molecule has 20 heavy (non-hydrogen) atoms. The van der Waals surface area contributed by atoms with E-state index in [2.05, 4.69) is 31.0 Å². The third-order valence-electron chi connectivity index (χ3n) is 3.89. The Labute approximate surface area is 134 Å². The van der Waals surface area contributed by atoms with E-state index in [0.29, 0.717) is 11.8 Å². The average Bonchev–Trinajstić information content (AvgIpc) is 2.34. The summed E-state index contributed by atoms with van der Waals surface area (Å²) in [5.74, 6) is 0.379. The van der Waals surface area contributed by atoms with Crippen LogP contribution in [-0.4, -0.2) is 36.2 Å². The summed E-state index contributed by atoms with van der Waals surface area (Å²) in [4.78, 5) is 2.56. The van der Waals surface area contributed by atoms with E-state index in [0.717, 1.165) is 32.6 Å². The number of rotatable bonds is 3. The standard InChI is InChI=1S/C15H24N2O.2ClH/c1-4-14(17-7-5-16-6-8-17)15-11(2)9-13(18)10-12(15)3;;/h9-10,14,16,18H,4-8H2,1-3H3;2*1H/t14-;;/m0../s1. The van der Waals surface area contributed by atoms with Crippen molar-refractivity contribution in [3.63, 3.8) is 0 Å². The number of phenolic OH excluding ortho intramolecular Hbond substituents is 1. The lowest BCUT2D eigenvalue weighted by atomic mass is 9.92. The minimum atomic E-state index is 0. The third kappa shape index (κ3) is 4.26. The van der Waals surface area contributed by atoms with E-state index in [1.807, 2.05) is 12.1 Å². The second-order valence-corrected chi connectivity index (χ2v) is 5.20. The van der Waals surface area contributed by atoms with Crippen molar-refractivity contribution in [1.82, 2.24) is 10.2 Å². The molecule has 0 amide bonds. The van der Waals surface area contributed by atoms with E-state index >= 15 is 0 Å². The van der Waals surface area contributed by atoms with Crippen molar-refractivity contribution in [3.8, 4) is 5.75 Å². The second kappa shape index (κ2) is 8.73. The number of aromatic hydroxyl groups is 1. The minimum Gasteiger partial charge on any atom is -0.508 e. The van der Waals surface area contributed by atoms with Crippen molar-refractivity contribution in [2.45, 2.75) is 33.2 Å². The van der Waals surface area contributed by atoms with Gasteiger partial charge in [-0.3, -0.25) is 4.90 Å². The van der Waals surface area contributed by atoms with Crippen LogP contribution >= 0.6 is 24.8 Å². The zero-order valence-corrected chi connectivity index (χ0v) is 14.1. The van der Waals surface area contributed by atoms with Crippen LogP contribution in [0.25, 0.3) is 0 Å². The van der Waals surface area contributed by atoms with Gasteiger partial charge in [-0.15, -0.1) is 24.8 Å². The maximum Gasteiger partial charge on any atom is 0.116 e. The first-order chi connectivity index (χ1) is 8.63. The summed E-state index contributed by atoms with van der Waals surface area (Å²) in [5, 5.41) is 13.1. The Balaban J connectivity index is 0.00000180. The number of piperazine rings is 1. The summed E-state index contributed by atoms with van der Waals surface area (Å²) in [7, 11) is 0. The molecule has 1 atom stereocenters. The zero-order valence-electron chi connectivity index (χ0n) is 12.5. The first-order valence-electron chi connectivity index (χ1n) is 6.88. The van der Waals surface area contributed by atoms with Gasteiger partial charge in [-0.25, -0.2) is 0 Å². The van der Waals surface area contributed by atoms with Crippen LogP contribution in [0.3, 0.4) is 0 Å². The van der Waals surface area contributed by atoms with Crippen molar-refractivity contribution >= 4 is 24.8 Å². The van der Waals surface area contributed by atoms with Crippen molar-refractivity contribution in [3.05, 3.63) is 28.8 Å². The largest absolute Gasteiger partial charge is 0.508 e. The normalized spacial score (nSPS) is 16.9. The molecule has 0 aliphatic carbocycles. The fourth-order valence-corrected chi connectivity index (χ4v) is 3.12. The van der Waals surface area contributed by atoms with Crippen LogP contribution < -0.4 is 5.32 Å². The van der Waals surface area contributed by atoms with Crippen molar-refractivity contribution < 1.29 is 5.11 Å². The highest BCUT2D eigenvalue weighted by Crippen LogP contribution is 2.32. The van der Waals surface area contributed by atoms with Crippen LogP contribution in [-0.2, 0) is 0 Å². The average molecular weight is 321 g/mol. The molecule has 0 spiro atoms. The molecule has 5 heteroatoms. The Bertz CT molecular complexity index is 397. The van der Waals surface area contributed by atoms with E-state index < -0.39 is 0 Å². The number of benzene rings is 1. The van der Waals surface area contributed by atoms with Gasteiger partial charge in [-0.1, -0.05) is 6.92 Å². The molecule has 0 radical (unpaired) electrons. The molecule has 0 bridgehead atoms. The smallest absolute Gasteiger partial charge is 0.116 e. The molecule has 2 N–H and O–H groups in total. The van der Waals surface area contributed by atoms with Gasteiger partial charge in [0, 0.05) is 32.2 Å². The molecule has 3 nitrogen and oxygen atoms in total. The lowest BCUT2D eigenvalue weighted by molar-refractivity contribution is 0.168. The third-order valence-corrected chi connectivity index (χ3v) is 3.89. The van der Waals surface area contributed by atoms with Crippen molar-refractivity contribution in [2.75, 3.05) is 26.2 Å². The fraction of sp³-hybridized carbons (Fsp3) is 0.600. The molecule has 116 valence electrons. The highest BCUT2D eigenvalue weighted by molar-refractivity contribution is 5.85. The van der Waals surface area contributed by atoms with E-state index in [1.165, 1.54) is 16.7 Å². The van der Waals surface area contributed by atoms with Gasteiger partial charge in [0.1, 0.15) is 5.75 Å². The van der Waals surface area contributed by atoms with Crippen LogP contribution in [0.15, 0.2) is 12.1 Å². The fourth-order valence-electron chi connectivity index (χ4n) is 3.12. The molecular formula is C15H26Cl2N2O. The molecule has 1 saturated heterocycles. The van der Waals surface area contributed by atoms with Gasteiger partial charge < -0.3 is 10.4 Å². The van der Waals surface area contributed by atoms with E-state index in [9.17, 15) is 5.11 Å². The summed E-state index contributed by atoms with van der Waals surface area (Å²) in [6, 6.07) is 4.24. The van der Waals surface area contributed by atoms with Crippen LogP contribution in [0.4, 0.5) is 0 Å². The summed E-state index contributed by atoms with van der Waals surface area (Å²) >= 11 is 0. The Kier molecular flexibility index (Phi) is 8.52. The number of nitrogens with zero attached hydrogens (tertiary/aromatic N) is 1. The van der Waals surface area contributed by atoms with Crippen LogP contribution in [0.5, 0.6) is 5.75 Å². The Morgan fingerprint density at radius 1 is 1.15 bits per heavy atom. The molecule has 1 fully saturated rings. The number of hydrogen-bond acceptors (Lipinski definition) is 3. The Morgan fingerprint density at radius 3 is 2.10 bits per heavy atom. The molecule has 0 aromatic heterocycles. The minimum absolute atomic E-state index is 0. The number of hydrogen-bond donors (Lipinski definition) is 2. The second-order valence-electron chi connectivity index (χ2n) is 5.20. The van der Waals surface area contributed by atoms with Gasteiger partial charge in [-0.2, -0.15) is 0 Å². The van der Waals surface area contributed by atoms with Gasteiger partial charge >= 0.3 is 0 Å². The van der Waals surface area contributed by atoms with E-state index in [4.69, 9.17) is 0 Å². The number of phenols is 1. The highest BCUT2D eigenvalue weighted by atomic mass is 35.5. The van der Waals surface area contributed by atoms with Gasteiger partial charge in [-0.05, 0) is 49.1 Å². The summed E-state index contributed by atoms with van der Waals surface area (Å²) in [6.45, 7) is 10.8. The predicted octanol–water partition coefficient (Wildman–Crippen LogP) is 3.21. The number of nitrogens with one attached hydrogen (secondary N) is 1. The zero-order chi connectivity index (χ0) is 13.1. The first-order valence-corrected chi connectivity index (χ1v) is 6.88. The highest BCUT2D eigenvalue weighted by Gasteiger charge is 2.23. The number of aryl methyl sites for hydroxylation is 2. The maximum absolute atomic E-state index is 9.66. The lowest BCUT2D eigenvalue weighted by Crippen LogP contribution is -2.45. The molecule has 1 aromatic rings. The summed E-state index contributed by atoms with van der Waals surface area (Å²) < 4.78 is 0. The SMILES string of the molecule is CC[C@@H](c1c(C)cc(O)cc1C)N1CCNCC1.Cl.Cl. The Morgan fingerprint density at radius 2 is 1.65 bits per heavy atom. The van der Waals surface area contributed by atoms with Crippen LogP contribution in [0.2, 0.25) is 0 Å². The van der Waals surface area contributed by atoms with E-state index in [1.54, 1.807) is 0 Å². The molecule has 1 heterocycles. The molecule has 1 aromatic carbocycles. The summed E-state index contributed by atoms with van der Waals surface area (Å²) in [6.07, 6.45) is 1.12. The molecular weight excluding hydrogens is 295 g/mol. The monoisotopic (exact) mass is 320 g/mol. The van der Waals surface area contributed by atoms with E-state index in [-0.39, 0.29) is 24.8 Å². The van der Waals surface area contributed by atoms with Crippen LogP contribution in [0.1, 0.15) is 36.1 Å². The number of halogens is 2. The quantitative estimate of drug-likeness (QED) is 0.897. The Hall–Kier alpha value is -0.480. The van der Waals surface area contributed by atoms with Crippen molar-refractivity contribution in [1.29, 1.82) is 0 Å². The van der Waals surface area contributed by atoms with Gasteiger partial charge in [0.05, 0.1) is 0 Å². The predicted molar refractivity (Wildman–Crippen MR) is 89.6 cm³/mol. The lowest BCUT2D eigenvalue weighted by Gasteiger charge is -2.36.